The van der Waals surface area contributed by atoms with E-state index in [2.05, 4.69) is 4.79 Å². The molecule has 0 saturated carbocycles. The number of hydrogen-bond donors (Lipinski definition) is 0. The Labute approximate surface area is 83.0 Å². The highest BCUT2D eigenvalue weighted by atomic mass is 16.1. The molecule has 0 atom stereocenters. The average Bonchev–Trinajstić information content (AvgIpc) is 2.17. The van der Waals surface area contributed by atoms with E-state index in [9.17, 15) is 4.79 Å². The van der Waals surface area contributed by atoms with Gasteiger partial charge >= 0.3 is 6.21 Å². The maximum absolute atomic E-state index is 11.0. The molecule has 0 unspecified atom stereocenters. The van der Waals surface area contributed by atoms with Gasteiger partial charge in [0.2, 0.25) is 5.78 Å². The van der Waals surface area contributed by atoms with Crippen LogP contribution >= 0.6 is 0 Å². The van der Waals surface area contributed by atoms with Gasteiger partial charge in [-0.05, 0) is 18.9 Å². The summed E-state index contributed by atoms with van der Waals surface area (Å²) in [5, 5.41) is 0. The first kappa shape index (κ1) is 10.4. The van der Waals surface area contributed by atoms with Crippen molar-refractivity contribution in [1.29, 1.82) is 0 Å². The highest BCUT2D eigenvalue weighted by molar-refractivity contribution is 6.25. The number of benzene rings is 1. The van der Waals surface area contributed by atoms with Gasteiger partial charge in [-0.1, -0.05) is 29.8 Å². The lowest BCUT2D eigenvalue weighted by atomic mass is 10.1. The Morgan fingerprint density at radius 1 is 1.43 bits per heavy atom. The molecule has 0 aliphatic heterocycles. The minimum Gasteiger partial charge on any atom is -0.361 e. The van der Waals surface area contributed by atoms with Crippen molar-refractivity contribution in [3.63, 3.8) is 0 Å². The van der Waals surface area contributed by atoms with E-state index in [0.717, 1.165) is 11.8 Å². The monoisotopic (exact) mass is 188 g/mol. The Morgan fingerprint density at radius 3 is 2.64 bits per heavy atom. The van der Waals surface area contributed by atoms with Gasteiger partial charge in [-0.2, -0.15) is 4.79 Å². The van der Waals surface area contributed by atoms with Crippen molar-refractivity contribution in [2.24, 2.45) is 0 Å². The minimum atomic E-state index is -0.159. The molecule has 0 radical (unpaired) electrons. The van der Waals surface area contributed by atoms with Gasteiger partial charge in [0.15, 0.2) is 0 Å². The van der Waals surface area contributed by atoms with E-state index in [1.807, 2.05) is 31.2 Å². The molecule has 0 bridgehead atoms. The molecule has 1 aromatic carbocycles. The standard InChI is InChI=1S/C11H12N2O/c1-9-2-4-10(5-3-9)6-7-11(14)8-13-12/h2-5,8H,6-7H2,1H3. The third kappa shape index (κ3) is 3.33. The zero-order chi connectivity index (χ0) is 10.4. The summed E-state index contributed by atoms with van der Waals surface area (Å²) >= 11 is 0. The van der Waals surface area contributed by atoms with Crippen molar-refractivity contribution in [2.75, 3.05) is 0 Å². The molecule has 3 heteroatoms. The minimum absolute atomic E-state index is 0.159. The Bertz CT molecular complexity index is 361. The van der Waals surface area contributed by atoms with Gasteiger partial charge in [-0.25, -0.2) is 0 Å². The second kappa shape index (κ2) is 5.10. The van der Waals surface area contributed by atoms with Crippen LogP contribution in [0.1, 0.15) is 17.5 Å². The molecule has 0 amide bonds. The van der Waals surface area contributed by atoms with Gasteiger partial charge in [-0.3, -0.25) is 4.79 Å². The second-order valence-electron chi connectivity index (χ2n) is 3.20. The van der Waals surface area contributed by atoms with E-state index in [1.165, 1.54) is 5.56 Å². The van der Waals surface area contributed by atoms with E-state index in [0.29, 0.717) is 12.8 Å². The van der Waals surface area contributed by atoms with E-state index >= 15 is 0 Å². The Morgan fingerprint density at radius 2 is 2.07 bits per heavy atom. The van der Waals surface area contributed by atoms with E-state index in [4.69, 9.17) is 5.53 Å². The Hall–Kier alpha value is -1.73. The van der Waals surface area contributed by atoms with Crippen molar-refractivity contribution in [2.45, 2.75) is 19.8 Å². The number of carbonyl (C=O) groups is 1. The molecule has 0 fully saturated rings. The van der Waals surface area contributed by atoms with Crippen molar-refractivity contribution in [1.82, 2.24) is 0 Å². The van der Waals surface area contributed by atoms with Crippen LogP contribution in [0.5, 0.6) is 0 Å². The topological polar surface area (TPSA) is 53.5 Å². The SMILES string of the molecule is Cc1ccc(CCC(=O)C=[N+]=[N-])cc1. The summed E-state index contributed by atoms with van der Waals surface area (Å²) in [6, 6.07) is 8.03. The van der Waals surface area contributed by atoms with E-state index in [-0.39, 0.29) is 5.78 Å². The highest BCUT2D eigenvalue weighted by Gasteiger charge is 2.02. The van der Waals surface area contributed by atoms with E-state index < -0.39 is 0 Å². The van der Waals surface area contributed by atoms with Crippen LogP contribution in [0.4, 0.5) is 0 Å². The third-order valence-electron chi connectivity index (χ3n) is 1.98. The summed E-state index contributed by atoms with van der Waals surface area (Å²) in [6.45, 7) is 2.02. The predicted molar refractivity (Wildman–Crippen MR) is 54.2 cm³/mol. The number of ketones is 1. The summed E-state index contributed by atoms with van der Waals surface area (Å²) < 4.78 is 0. The van der Waals surface area contributed by atoms with Gasteiger partial charge in [-0.15, -0.1) is 0 Å². The summed E-state index contributed by atoms with van der Waals surface area (Å²) in [4.78, 5) is 13.7. The normalized spacial score (nSPS) is 9.21. The fourth-order valence-corrected chi connectivity index (χ4v) is 1.15. The van der Waals surface area contributed by atoms with Gasteiger partial charge in [0, 0.05) is 6.42 Å². The average molecular weight is 188 g/mol. The van der Waals surface area contributed by atoms with Crippen LogP contribution in [-0.2, 0) is 11.2 Å². The largest absolute Gasteiger partial charge is 0.361 e. The van der Waals surface area contributed by atoms with Crippen molar-refractivity contribution < 1.29 is 9.58 Å². The Balaban J connectivity index is 2.49. The van der Waals surface area contributed by atoms with Crippen LogP contribution < -0.4 is 0 Å². The third-order valence-corrected chi connectivity index (χ3v) is 1.98. The van der Waals surface area contributed by atoms with Crippen LogP contribution in [0.3, 0.4) is 0 Å². The number of carbonyl (C=O) groups excluding carboxylic acids is 1. The lowest BCUT2D eigenvalue weighted by Crippen LogP contribution is -2.01. The molecule has 0 aliphatic rings. The summed E-state index contributed by atoms with van der Waals surface area (Å²) in [5.41, 5.74) is 10.4. The molecule has 1 aromatic rings. The van der Waals surface area contributed by atoms with Crippen LogP contribution in [-0.4, -0.2) is 16.8 Å². The number of nitrogens with zero attached hydrogens (tertiary/aromatic N) is 2. The first-order valence-corrected chi connectivity index (χ1v) is 4.48. The summed E-state index contributed by atoms with van der Waals surface area (Å²) in [5.74, 6) is -0.159. The zero-order valence-corrected chi connectivity index (χ0v) is 8.10. The molecule has 72 valence electrons. The molecule has 0 aliphatic carbocycles. The van der Waals surface area contributed by atoms with Gasteiger partial charge < -0.3 is 5.53 Å². The van der Waals surface area contributed by atoms with Gasteiger partial charge in [0.1, 0.15) is 0 Å². The molecule has 0 heterocycles. The van der Waals surface area contributed by atoms with Crippen molar-refractivity contribution in [3.05, 3.63) is 40.9 Å². The maximum atomic E-state index is 11.0. The van der Waals surface area contributed by atoms with Crippen molar-refractivity contribution >= 4 is 12.0 Å². The molecule has 14 heavy (non-hydrogen) atoms. The molecule has 1 rings (SSSR count). The first-order valence-electron chi connectivity index (χ1n) is 4.48. The second-order valence-corrected chi connectivity index (χ2v) is 3.20. The highest BCUT2D eigenvalue weighted by Crippen LogP contribution is 2.05. The quantitative estimate of drug-likeness (QED) is 0.404. The molecular formula is C11H12N2O. The zero-order valence-electron chi connectivity index (χ0n) is 8.10. The molecule has 0 saturated heterocycles. The van der Waals surface area contributed by atoms with Crippen LogP contribution in [0.2, 0.25) is 0 Å². The molecule has 0 N–H and O–H groups in total. The fraction of sp³-hybridized carbons (Fsp3) is 0.273. The number of Topliss-reactive ketones (excluding diaryl/α,β-unsaturated/α-hetero) is 1. The maximum Gasteiger partial charge on any atom is 0.323 e. The molecule has 3 nitrogen and oxygen atoms in total. The molecule has 0 aromatic heterocycles. The fourth-order valence-electron chi connectivity index (χ4n) is 1.15. The first-order chi connectivity index (χ1) is 6.72. The van der Waals surface area contributed by atoms with Gasteiger partial charge in [0.25, 0.3) is 0 Å². The van der Waals surface area contributed by atoms with Crippen LogP contribution in [0.25, 0.3) is 5.53 Å². The number of rotatable bonds is 4. The number of aryl methyl sites for hydroxylation is 2. The van der Waals surface area contributed by atoms with Crippen LogP contribution in [0.15, 0.2) is 24.3 Å². The molecule has 0 spiro atoms. The summed E-state index contributed by atoms with van der Waals surface area (Å²) in [6.07, 6.45) is 2.01. The molecular weight excluding hydrogens is 176 g/mol. The lowest BCUT2D eigenvalue weighted by molar-refractivity contribution is -0.116. The van der Waals surface area contributed by atoms with Crippen molar-refractivity contribution in [3.8, 4) is 0 Å². The Kier molecular flexibility index (Phi) is 3.77. The van der Waals surface area contributed by atoms with E-state index in [1.54, 1.807) is 0 Å². The lowest BCUT2D eigenvalue weighted by Gasteiger charge is -1.98. The number of hydrogen-bond acceptors (Lipinski definition) is 1. The van der Waals surface area contributed by atoms with Gasteiger partial charge in [0.05, 0.1) is 0 Å². The summed E-state index contributed by atoms with van der Waals surface area (Å²) in [7, 11) is 0. The predicted octanol–water partition coefficient (Wildman–Crippen LogP) is 1.80. The smallest absolute Gasteiger partial charge is 0.323 e. The van der Waals surface area contributed by atoms with Crippen LogP contribution in [0, 0.1) is 6.92 Å².